The first-order valence-corrected chi connectivity index (χ1v) is 7.94. The van der Waals surface area contributed by atoms with Crippen molar-refractivity contribution in [2.24, 2.45) is 5.92 Å². The van der Waals surface area contributed by atoms with Crippen molar-refractivity contribution in [2.75, 3.05) is 40.3 Å². The Bertz CT molecular complexity index is 512. The molecule has 0 radical (unpaired) electrons. The predicted molar refractivity (Wildman–Crippen MR) is 87.6 cm³/mol. The Morgan fingerprint density at radius 1 is 1.38 bits per heavy atom. The van der Waals surface area contributed by atoms with Crippen LogP contribution in [0.4, 0.5) is 0 Å². The number of hydrogen-bond donors (Lipinski definition) is 1. The summed E-state index contributed by atoms with van der Waals surface area (Å²) in [4.78, 5) is 17.4. The first-order chi connectivity index (χ1) is 9.93. The highest BCUT2D eigenvalue weighted by Gasteiger charge is 2.18. The van der Waals surface area contributed by atoms with Gasteiger partial charge in [0.2, 0.25) is 0 Å². The molecular formula is C16H24N2O2S. The molecule has 0 aliphatic rings. The highest BCUT2D eigenvalue weighted by Crippen LogP contribution is 2.16. The quantitative estimate of drug-likeness (QED) is 0.814. The van der Waals surface area contributed by atoms with Gasteiger partial charge in [0.1, 0.15) is 6.61 Å². The molecule has 1 aromatic rings. The van der Waals surface area contributed by atoms with Gasteiger partial charge in [-0.05, 0) is 26.1 Å². The number of hydrogen-bond acceptors (Lipinski definition) is 4. The second-order valence-corrected chi connectivity index (χ2v) is 6.52. The molecule has 1 N–H and O–H groups in total. The SMILES string of the molecule is CC(C)CN(CCN(C)C)C(=O)c1csc(C#CCO)c1. The minimum absolute atomic E-state index is 0.0545. The molecule has 0 saturated carbocycles. The standard InChI is InChI=1S/C16H24N2O2S/c1-13(2)11-18(8-7-17(3)4)16(20)14-10-15(21-12-14)6-5-9-19/h10,12-13,19H,7-9,11H2,1-4H3. The Kier molecular flexibility index (Phi) is 7.44. The molecular weight excluding hydrogens is 284 g/mol. The van der Waals surface area contributed by atoms with Gasteiger partial charge in [0.25, 0.3) is 5.91 Å². The number of carbonyl (C=O) groups excluding carboxylic acids is 1. The Hall–Kier alpha value is -1.35. The summed E-state index contributed by atoms with van der Waals surface area (Å²) in [5.74, 6) is 5.93. The van der Waals surface area contributed by atoms with Gasteiger partial charge in [-0.1, -0.05) is 25.7 Å². The molecule has 1 amide bonds. The molecule has 1 heterocycles. The molecule has 116 valence electrons. The first kappa shape index (κ1) is 17.7. The number of aliphatic hydroxyl groups is 1. The molecule has 0 unspecified atom stereocenters. The summed E-state index contributed by atoms with van der Waals surface area (Å²) in [7, 11) is 4.01. The number of rotatable bonds is 6. The summed E-state index contributed by atoms with van der Waals surface area (Å²) in [5.41, 5.74) is 0.682. The maximum atomic E-state index is 12.6. The van der Waals surface area contributed by atoms with E-state index in [-0.39, 0.29) is 12.5 Å². The molecule has 4 nitrogen and oxygen atoms in total. The fraction of sp³-hybridized carbons (Fsp3) is 0.562. The Morgan fingerprint density at radius 3 is 2.67 bits per heavy atom. The normalized spacial score (nSPS) is 10.6. The molecule has 0 bridgehead atoms. The average Bonchev–Trinajstić information content (AvgIpc) is 2.88. The van der Waals surface area contributed by atoms with E-state index in [0.29, 0.717) is 11.5 Å². The second-order valence-electron chi connectivity index (χ2n) is 5.61. The molecule has 0 saturated heterocycles. The third-order valence-corrected chi connectivity index (χ3v) is 3.67. The van der Waals surface area contributed by atoms with E-state index in [1.807, 2.05) is 24.4 Å². The minimum atomic E-state index is -0.163. The van der Waals surface area contributed by atoms with Gasteiger partial charge in [-0.2, -0.15) is 0 Å². The van der Waals surface area contributed by atoms with E-state index < -0.39 is 0 Å². The number of likely N-dealkylation sites (N-methyl/N-ethyl adjacent to an activating group) is 1. The predicted octanol–water partition coefficient (Wildman–Crippen LogP) is 1.75. The lowest BCUT2D eigenvalue weighted by atomic mass is 10.2. The molecule has 0 aromatic carbocycles. The smallest absolute Gasteiger partial charge is 0.254 e. The van der Waals surface area contributed by atoms with Crippen LogP contribution in [0.5, 0.6) is 0 Å². The van der Waals surface area contributed by atoms with Gasteiger partial charge in [0.05, 0.1) is 10.4 Å². The van der Waals surface area contributed by atoms with Crippen molar-refractivity contribution in [3.8, 4) is 11.8 Å². The minimum Gasteiger partial charge on any atom is -0.384 e. The maximum Gasteiger partial charge on any atom is 0.254 e. The summed E-state index contributed by atoms with van der Waals surface area (Å²) in [6.45, 7) is 6.38. The summed E-state index contributed by atoms with van der Waals surface area (Å²) in [5, 5.41) is 10.5. The molecule has 21 heavy (non-hydrogen) atoms. The summed E-state index contributed by atoms with van der Waals surface area (Å²) in [6, 6.07) is 1.80. The summed E-state index contributed by atoms with van der Waals surface area (Å²) in [6.07, 6.45) is 0. The van der Waals surface area contributed by atoms with Gasteiger partial charge in [0.15, 0.2) is 0 Å². The second kappa shape index (κ2) is 8.83. The van der Waals surface area contributed by atoms with E-state index in [1.54, 1.807) is 6.07 Å². The van der Waals surface area contributed by atoms with Crippen LogP contribution in [0.1, 0.15) is 29.1 Å². The van der Waals surface area contributed by atoms with Crippen LogP contribution in [0.3, 0.4) is 0 Å². The third-order valence-electron chi connectivity index (χ3n) is 2.83. The fourth-order valence-corrected chi connectivity index (χ4v) is 2.61. The van der Waals surface area contributed by atoms with Crippen molar-refractivity contribution in [3.05, 3.63) is 21.9 Å². The van der Waals surface area contributed by atoms with E-state index in [9.17, 15) is 4.79 Å². The van der Waals surface area contributed by atoms with Crippen LogP contribution in [-0.4, -0.2) is 61.2 Å². The van der Waals surface area contributed by atoms with Gasteiger partial charge < -0.3 is 14.9 Å². The maximum absolute atomic E-state index is 12.6. The number of aliphatic hydroxyl groups excluding tert-OH is 1. The average molecular weight is 308 g/mol. The van der Waals surface area contributed by atoms with Gasteiger partial charge >= 0.3 is 0 Å². The molecule has 0 atom stereocenters. The van der Waals surface area contributed by atoms with E-state index >= 15 is 0 Å². The highest BCUT2D eigenvalue weighted by molar-refractivity contribution is 7.10. The van der Waals surface area contributed by atoms with Gasteiger partial charge in [-0.3, -0.25) is 4.79 Å². The van der Waals surface area contributed by atoms with Crippen LogP contribution in [0, 0.1) is 17.8 Å². The monoisotopic (exact) mass is 308 g/mol. The number of thiophene rings is 1. The van der Waals surface area contributed by atoms with Crippen LogP contribution in [0.15, 0.2) is 11.4 Å². The summed E-state index contributed by atoms with van der Waals surface area (Å²) < 4.78 is 0. The zero-order chi connectivity index (χ0) is 15.8. The molecule has 0 aliphatic carbocycles. The van der Waals surface area contributed by atoms with Gasteiger partial charge in [-0.25, -0.2) is 0 Å². The molecule has 0 spiro atoms. The Morgan fingerprint density at radius 2 is 2.10 bits per heavy atom. The topological polar surface area (TPSA) is 43.8 Å². The lowest BCUT2D eigenvalue weighted by Crippen LogP contribution is -2.38. The van der Waals surface area contributed by atoms with E-state index in [0.717, 1.165) is 24.5 Å². The number of carbonyl (C=O) groups is 1. The lowest BCUT2D eigenvalue weighted by Gasteiger charge is -2.25. The molecule has 0 fully saturated rings. The van der Waals surface area contributed by atoms with E-state index in [1.165, 1.54) is 11.3 Å². The van der Waals surface area contributed by atoms with Crippen molar-refractivity contribution >= 4 is 17.2 Å². The van der Waals surface area contributed by atoms with Gasteiger partial charge in [0, 0.05) is 25.0 Å². The highest BCUT2D eigenvalue weighted by atomic mass is 32.1. The van der Waals surface area contributed by atoms with E-state index in [4.69, 9.17) is 5.11 Å². The lowest BCUT2D eigenvalue weighted by molar-refractivity contribution is 0.0725. The Balaban J connectivity index is 2.80. The van der Waals surface area contributed by atoms with Crippen molar-refractivity contribution in [2.45, 2.75) is 13.8 Å². The number of nitrogens with zero attached hydrogens (tertiary/aromatic N) is 2. The zero-order valence-electron chi connectivity index (χ0n) is 13.2. The van der Waals surface area contributed by atoms with Gasteiger partial charge in [-0.15, -0.1) is 11.3 Å². The van der Waals surface area contributed by atoms with Crippen molar-refractivity contribution in [1.82, 2.24) is 9.80 Å². The van der Waals surface area contributed by atoms with Crippen LogP contribution < -0.4 is 0 Å². The fourth-order valence-electron chi connectivity index (χ4n) is 1.86. The van der Waals surface area contributed by atoms with Crippen LogP contribution >= 0.6 is 11.3 Å². The van der Waals surface area contributed by atoms with Crippen molar-refractivity contribution in [1.29, 1.82) is 0 Å². The number of amides is 1. The third kappa shape index (κ3) is 6.30. The van der Waals surface area contributed by atoms with Crippen molar-refractivity contribution < 1.29 is 9.90 Å². The van der Waals surface area contributed by atoms with Crippen LogP contribution in [0.2, 0.25) is 0 Å². The first-order valence-electron chi connectivity index (χ1n) is 7.06. The molecule has 5 heteroatoms. The van der Waals surface area contributed by atoms with Crippen molar-refractivity contribution in [3.63, 3.8) is 0 Å². The zero-order valence-corrected chi connectivity index (χ0v) is 14.0. The van der Waals surface area contributed by atoms with E-state index in [2.05, 4.69) is 30.6 Å². The molecule has 0 aliphatic heterocycles. The largest absolute Gasteiger partial charge is 0.384 e. The summed E-state index contributed by atoms with van der Waals surface area (Å²) >= 11 is 1.44. The molecule has 1 aromatic heterocycles. The van der Waals surface area contributed by atoms with Crippen LogP contribution in [0.25, 0.3) is 0 Å². The Labute approximate surface area is 131 Å². The molecule has 1 rings (SSSR count). The van der Waals surface area contributed by atoms with Crippen LogP contribution in [-0.2, 0) is 0 Å².